The largest absolute Gasteiger partial charge is 0.493 e. The van der Waals surface area contributed by atoms with Crippen LogP contribution in [0.15, 0.2) is 65.2 Å². The van der Waals surface area contributed by atoms with Crippen LogP contribution in [0, 0.1) is 16.0 Å². The predicted molar refractivity (Wildman–Crippen MR) is 141 cm³/mol. The Labute approximate surface area is 221 Å². The normalized spacial score (nSPS) is 20.1. The summed E-state index contributed by atoms with van der Waals surface area (Å²) >= 11 is 16.4. The highest BCUT2D eigenvalue weighted by molar-refractivity contribution is 9.10. The van der Waals surface area contributed by atoms with E-state index in [2.05, 4.69) is 33.4 Å². The highest BCUT2D eigenvalue weighted by Gasteiger charge is 2.40. The standard InChI is InChI=1S/C26H21BrCl2N2O4/c1-34-23-10-15(9-20(27)26(23)35-13-14-5-2-3-8-21(14)28)24-18-7-4-6-17(18)19-11-16(31(32)33)12-22(29)25(19)30-24/h2-6,8-12,17-18,24,30H,7,13H2,1H3/t17-,18-,24-/m0/s1. The Kier molecular flexibility index (Phi) is 6.66. The van der Waals surface area contributed by atoms with Gasteiger partial charge in [-0.25, -0.2) is 0 Å². The Morgan fingerprint density at radius 2 is 1.97 bits per heavy atom. The van der Waals surface area contributed by atoms with E-state index in [4.69, 9.17) is 32.7 Å². The van der Waals surface area contributed by atoms with Crippen LogP contribution in [-0.4, -0.2) is 12.0 Å². The van der Waals surface area contributed by atoms with Gasteiger partial charge in [-0.3, -0.25) is 10.1 Å². The number of non-ortho nitro benzene ring substituents is 1. The first kappa shape index (κ1) is 24.0. The fourth-order valence-electron chi connectivity index (χ4n) is 4.90. The monoisotopic (exact) mass is 574 g/mol. The van der Waals surface area contributed by atoms with Crippen LogP contribution < -0.4 is 14.8 Å². The molecule has 0 unspecified atom stereocenters. The van der Waals surface area contributed by atoms with Crippen LogP contribution in [0.5, 0.6) is 11.5 Å². The molecule has 180 valence electrons. The summed E-state index contributed by atoms with van der Waals surface area (Å²) in [6.45, 7) is 0.298. The molecule has 3 aromatic carbocycles. The summed E-state index contributed by atoms with van der Waals surface area (Å²) in [7, 11) is 1.60. The van der Waals surface area contributed by atoms with Gasteiger partial charge in [-0.2, -0.15) is 0 Å². The number of nitrogens with one attached hydrogen (secondary N) is 1. The number of nitrogens with zero attached hydrogens (tertiary/aromatic N) is 1. The van der Waals surface area contributed by atoms with Crippen molar-refractivity contribution in [2.24, 2.45) is 5.92 Å². The summed E-state index contributed by atoms with van der Waals surface area (Å²) in [6.07, 6.45) is 5.08. The number of halogens is 3. The van der Waals surface area contributed by atoms with Crippen LogP contribution in [0.4, 0.5) is 11.4 Å². The second kappa shape index (κ2) is 9.72. The quantitative estimate of drug-likeness (QED) is 0.183. The molecule has 1 aliphatic carbocycles. The third-order valence-corrected chi connectivity index (χ3v) is 7.81. The van der Waals surface area contributed by atoms with Gasteiger partial charge in [-0.1, -0.05) is 53.6 Å². The zero-order chi connectivity index (χ0) is 24.7. The molecule has 1 heterocycles. The smallest absolute Gasteiger partial charge is 0.271 e. The van der Waals surface area contributed by atoms with Crippen LogP contribution >= 0.6 is 39.1 Å². The molecule has 0 amide bonds. The number of benzene rings is 3. The van der Waals surface area contributed by atoms with Crippen molar-refractivity contribution in [2.45, 2.75) is 25.0 Å². The molecule has 0 spiro atoms. The third kappa shape index (κ3) is 4.48. The molecule has 9 heteroatoms. The first-order valence-corrected chi connectivity index (χ1v) is 12.6. The van der Waals surface area contributed by atoms with E-state index in [0.717, 1.165) is 33.3 Å². The average molecular weight is 576 g/mol. The van der Waals surface area contributed by atoms with E-state index in [1.807, 2.05) is 36.4 Å². The number of rotatable bonds is 6. The molecule has 0 saturated heterocycles. The first-order valence-electron chi connectivity index (χ1n) is 11.0. The summed E-state index contributed by atoms with van der Waals surface area (Å²) in [5.74, 6) is 1.37. The van der Waals surface area contributed by atoms with Crippen molar-refractivity contribution in [1.82, 2.24) is 0 Å². The average Bonchev–Trinajstić information content (AvgIpc) is 3.33. The predicted octanol–water partition coefficient (Wildman–Crippen LogP) is 8.08. The minimum absolute atomic E-state index is 0.00233. The lowest BCUT2D eigenvalue weighted by molar-refractivity contribution is -0.384. The molecule has 2 aliphatic rings. The number of fused-ring (bicyclic) bond motifs is 3. The van der Waals surface area contributed by atoms with E-state index < -0.39 is 4.92 Å². The van der Waals surface area contributed by atoms with Crippen molar-refractivity contribution in [2.75, 3.05) is 12.4 Å². The Morgan fingerprint density at radius 1 is 1.17 bits per heavy atom. The van der Waals surface area contributed by atoms with Gasteiger partial charge >= 0.3 is 0 Å². The fourth-order valence-corrected chi connectivity index (χ4v) is 5.94. The van der Waals surface area contributed by atoms with Crippen LogP contribution in [0.2, 0.25) is 10.0 Å². The Balaban J connectivity index is 1.49. The maximum absolute atomic E-state index is 11.4. The second-order valence-corrected chi connectivity index (χ2v) is 10.2. The summed E-state index contributed by atoms with van der Waals surface area (Å²) in [4.78, 5) is 11.0. The van der Waals surface area contributed by atoms with Gasteiger partial charge in [0.05, 0.1) is 33.3 Å². The zero-order valence-electron chi connectivity index (χ0n) is 18.6. The van der Waals surface area contributed by atoms with E-state index in [9.17, 15) is 10.1 Å². The van der Waals surface area contributed by atoms with Crippen LogP contribution in [0.1, 0.15) is 35.1 Å². The lowest BCUT2D eigenvalue weighted by Crippen LogP contribution is -2.29. The Hall–Kier alpha value is -2.74. The topological polar surface area (TPSA) is 73.6 Å². The van der Waals surface area contributed by atoms with E-state index in [-0.39, 0.29) is 23.6 Å². The Bertz CT molecular complexity index is 1350. The van der Waals surface area contributed by atoms with Gasteiger partial charge in [0.15, 0.2) is 11.5 Å². The van der Waals surface area contributed by atoms with Crippen LogP contribution in [0.3, 0.4) is 0 Å². The van der Waals surface area contributed by atoms with Gasteiger partial charge in [0, 0.05) is 28.6 Å². The molecule has 0 radical (unpaired) electrons. The van der Waals surface area contributed by atoms with Gasteiger partial charge in [0.1, 0.15) is 6.61 Å². The van der Waals surface area contributed by atoms with Crippen LogP contribution in [0.25, 0.3) is 0 Å². The molecule has 0 fully saturated rings. The number of methoxy groups -OCH3 is 1. The van der Waals surface area contributed by atoms with E-state index in [1.54, 1.807) is 13.2 Å². The zero-order valence-corrected chi connectivity index (χ0v) is 21.7. The van der Waals surface area contributed by atoms with E-state index in [0.29, 0.717) is 28.2 Å². The molecular formula is C26H21BrCl2N2O4. The van der Waals surface area contributed by atoms with Gasteiger partial charge < -0.3 is 14.8 Å². The first-order chi connectivity index (χ1) is 16.9. The van der Waals surface area contributed by atoms with Crippen LogP contribution in [-0.2, 0) is 6.61 Å². The highest BCUT2D eigenvalue weighted by atomic mass is 79.9. The molecule has 0 aromatic heterocycles. The minimum Gasteiger partial charge on any atom is -0.493 e. The molecule has 0 saturated carbocycles. The number of hydrogen-bond donors (Lipinski definition) is 1. The maximum atomic E-state index is 11.4. The molecular weight excluding hydrogens is 555 g/mol. The van der Waals surface area contributed by atoms with Crippen molar-refractivity contribution in [3.05, 3.63) is 102 Å². The number of nitro benzene ring substituents is 1. The summed E-state index contributed by atoms with van der Waals surface area (Å²) < 4.78 is 12.5. The summed E-state index contributed by atoms with van der Waals surface area (Å²) in [5.41, 5.74) is 3.45. The lowest BCUT2D eigenvalue weighted by atomic mass is 9.77. The summed E-state index contributed by atoms with van der Waals surface area (Å²) in [6, 6.07) is 14.5. The minimum atomic E-state index is -0.407. The van der Waals surface area contributed by atoms with Crippen molar-refractivity contribution in [3.63, 3.8) is 0 Å². The molecule has 6 nitrogen and oxygen atoms in total. The van der Waals surface area contributed by atoms with E-state index >= 15 is 0 Å². The maximum Gasteiger partial charge on any atom is 0.271 e. The third-order valence-electron chi connectivity index (χ3n) is 6.56. The lowest BCUT2D eigenvalue weighted by Gasteiger charge is -2.38. The van der Waals surface area contributed by atoms with Crippen molar-refractivity contribution in [3.8, 4) is 11.5 Å². The number of ether oxygens (including phenoxy) is 2. The molecule has 1 N–H and O–H groups in total. The SMILES string of the molecule is COc1cc([C@@H]2Nc3c(Cl)cc([N+](=O)[O-])cc3[C@H]3C=CC[C@@H]32)cc(Br)c1OCc1ccccc1Cl. The van der Waals surface area contributed by atoms with Gasteiger partial charge in [0.2, 0.25) is 0 Å². The van der Waals surface area contributed by atoms with Crippen molar-refractivity contribution in [1.29, 1.82) is 0 Å². The fraction of sp³-hybridized carbons (Fsp3) is 0.231. The van der Waals surface area contributed by atoms with Crippen molar-refractivity contribution < 1.29 is 14.4 Å². The molecule has 1 aliphatic heterocycles. The molecule has 35 heavy (non-hydrogen) atoms. The Morgan fingerprint density at radius 3 is 2.71 bits per heavy atom. The van der Waals surface area contributed by atoms with Gasteiger partial charge in [-0.15, -0.1) is 0 Å². The number of allylic oxidation sites excluding steroid dienone is 2. The highest BCUT2D eigenvalue weighted by Crippen LogP contribution is 2.53. The molecule has 3 aromatic rings. The number of hydrogen-bond acceptors (Lipinski definition) is 5. The molecule has 0 bridgehead atoms. The van der Waals surface area contributed by atoms with E-state index in [1.165, 1.54) is 6.07 Å². The second-order valence-electron chi connectivity index (χ2n) is 8.54. The molecule has 5 rings (SSSR count). The van der Waals surface area contributed by atoms with Gasteiger partial charge in [0.25, 0.3) is 5.69 Å². The van der Waals surface area contributed by atoms with Gasteiger partial charge in [-0.05, 0) is 57.6 Å². The summed E-state index contributed by atoms with van der Waals surface area (Å²) in [5, 5.41) is 15.9. The number of anilines is 1. The number of nitro groups is 1. The van der Waals surface area contributed by atoms with Crippen molar-refractivity contribution >= 4 is 50.5 Å². The molecule has 3 atom stereocenters.